The highest BCUT2D eigenvalue weighted by Gasteiger charge is 2.11. The van der Waals surface area contributed by atoms with E-state index in [1.54, 1.807) is 17.4 Å². The zero-order valence-electron chi connectivity index (χ0n) is 10.4. The lowest BCUT2D eigenvalue weighted by Crippen LogP contribution is -2.29. The first-order chi connectivity index (χ1) is 9.08. The number of hydrogen-bond acceptors (Lipinski definition) is 5. The van der Waals surface area contributed by atoms with Gasteiger partial charge >= 0.3 is 0 Å². The summed E-state index contributed by atoms with van der Waals surface area (Å²) < 4.78 is 6.46. The van der Waals surface area contributed by atoms with Crippen LogP contribution >= 0.6 is 27.3 Å². The van der Waals surface area contributed by atoms with Crippen molar-refractivity contribution in [2.24, 2.45) is 5.84 Å². The lowest BCUT2D eigenvalue weighted by Gasteiger charge is -2.13. The number of thiophene rings is 1. The van der Waals surface area contributed by atoms with Crippen LogP contribution in [0.2, 0.25) is 0 Å². The summed E-state index contributed by atoms with van der Waals surface area (Å²) in [5.74, 6) is 5.45. The number of amides is 1. The van der Waals surface area contributed by atoms with Gasteiger partial charge in [-0.15, -0.1) is 11.3 Å². The molecule has 0 saturated carbocycles. The number of nitrogens with one attached hydrogen (secondary N) is 1. The van der Waals surface area contributed by atoms with Crippen molar-refractivity contribution < 1.29 is 9.21 Å². The second-order valence-electron chi connectivity index (χ2n) is 4.21. The van der Waals surface area contributed by atoms with Crippen LogP contribution in [0, 0.1) is 0 Å². The first-order valence-corrected chi connectivity index (χ1v) is 7.25. The Kier molecular flexibility index (Phi) is 4.76. The molecule has 5 nitrogen and oxygen atoms in total. The van der Waals surface area contributed by atoms with E-state index in [-0.39, 0.29) is 5.91 Å². The Labute approximate surface area is 123 Å². The normalized spacial score (nSPS) is 10.9. The number of nitrogens with zero attached hydrogens (tertiary/aromatic N) is 1. The van der Waals surface area contributed by atoms with E-state index in [0.29, 0.717) is 12.1 Å². The highest BCUT2D eigenvalue weighted by molar-refractivity contribution is 9.11. The van der Waals surface area contributed by atoms with Crippen LogP contribution in [-0.2, 0) is 13.1 Å². The molecule has 0 aliphatic carbocycles. The lowest BCUT2D eigenvalue weighted by atomic mass is 10.2. The molecule has 2 aromatic heterocycles. The molecule has 0 atom stereocenters. The molecule has 0 aliphatic heterocycles. The summed E-state index contributed by atoms with van der Waals surface area (Å²) in [4.78, 5) is 13.4. The topological polar surface area (TPSA) is 71.5 Å². The van der Waals surface area contributed by atoms with Crippen LogP contribution in [0.25, 0.3) is 0 Å². The predicted molar refractivity (Wildman–Crippen MR) is 77.6 cm³/mol. The number of furan rings is 1. The van der Waals surface area contributed by atoms with Crippen LogP contribution in [0.15, 0.2) is 32.0 Å². The van der Waals surface area contributed by atoms with Crippen molar-refractivity contribution >= 4 is 33.2 Å². The Bertz CT molecular complexity index is 567. The van der Waals surface area contributed by atoms with E-state index in [2.05, 4.69) is 37.7 Å². The van der Waals surface area contributed by atoms with Gasteiger partial charge in [0.1, 0.15) is 12.0 Å². The molecule has 0 fully saturated rings. The third-order valence-electron chi connectivity index (χ3n) is 2.55. The van der Waals surface area contributed by atoms with E-state index in [4.69, 9.17) is 10.3 Å². The number of rotatable bonds is 5. The quantitative estimate of drug-likeness (QED) is 0.496. The average molecular weight is 344 g/mol. The number of carbonyl (C=O) groups is 1. The standard InChI is InChI=1S/C12H14BrN3O2S/c1-16(4-8-2-11(13)19-7-8)5-10-3-9(6-18-10)12(17)15-14/h2-3,6-7H,4-5,14H2,1H3,(H,15,17). The molecule has 2 rings (SSSR count). The van der Waals surface area contributed by atoms with Crippen molar-refractivity contribution in [1.29, 1.82) is 0 Å². The highest BCUT2D eigenvalue weighted by Crippen LogP contribution is 2.22. The van der Waals surface area contributed by atoms with E-state index in [1.165, 1.54) is 11.8 Å². The van der Waals surface area contributed by atoms with Crippen molar-refractivity contribution in [3.63, 3.8) is 0 Å². The van der Waals surface area contributed by atoms with E-state index in [1.807, 2.05) is 7.05 Å². The smallest absolute Gasteiger partial charge is 0.268 e. The third kappa shape index (κ3) is 3.90. The Morgan fingerprint density at radius 1 is 1.53 bits per heavy atom. The highest BCUT2D eigenvalue weighted by atomic mass is 79.9. The first kappa shape index (κ1) is 14.3. The van der Waals surface area contributed by atoms with Crippen molar-refractivity contribution in [3.05, 3.63) is 44.4 Å². The second kappa shape index (κ2) is 6.33. The van der Waals surface area contributed by atoms with Gasteiger partial charge in [0, 0.05) is 6.54 Å². The molecule has 0 saturated heterocycles. The summed E-state index contributed by atoms with van der Waals surface area (Å²) in [6, 6.07) is 3.79. The monoisotopic (exact) mass is 343 g/mol. The third-order valence-corrected chi connectivity index (χ3v) is 4.10. The summed E-state index contributed by atoms with van der Waals surface area (Å²) >= 11 is 5.10. The van der Waals surface area contributed by atoms with E-state index in [9.17, 15) is 4.79 Å². The summed E-state index contributed by atoms with van der Waals surface area (Å²) in [6.07, 6.45) is 1.41. The van der Waals surface area contributed by atoms with Crippen molar-refractivity contribution in [2.45, 2.75) is 13.1 Å². The van der Waals surface area contributed by atoms with Crippen LogP contribution in [0.1, 0.15) is 21.7 Å². The van der Waals surface area contributed by atoms with Gasteiger partial charge in [-0.1, -0.05) is 0 Å². The molecule has 1 amide bonds. The SMILES string of the molecule is CN(Cc1csc(Br)c1)Cc1cc(C(=O)NN)co1. The van der Waals surface area contributed by atoms with Crippen molar-refractivity contribution in [3.8, 4) is 0 Å². The van der Waals surface area contributed by atoms with E-state index >= 15 is 0 Å². The van der Waals surface area contributed by atoms with Crippen LogP contribution in [0.4, 0.5) is 0 Å². The van der Waals surface area contributed by atoms with E-state index in [0.717, 1.165) is 16.1 Å². The molecule has 2 aromatic rings. The van der Waals surface area contributed by atoms with Gasteiger partial charge in [0.2, 0.25) is 0 Å². The zero-order chi connectivity index (χ0) is 13.8. The number of hydrazine groups is 1. The van der Waals surface area contributed by atoms with Gasteiger partial charge in [-0.05, 0) is 46.1 Å². The van der Waals surface area contributed by atoms with Crippen LogP contribution in [0.5, 0.6) is 0 Å². The molecule has 0 bridgehead atoms. The number of nitrogens with two attached hydrogens (primary N) is 1. The Morgan fingerprint density at radius 3 is 2.95 bits per heavy atom. The minimum absolute atomic E-state index is 0.348. The Balaban J connectivity index is 1.93. The summed E-state index contributed by atoms with van der Waals surface area (Å²) in [5, 5.41) is 2.11. The number of carbonyl (C=O) groups excluding carboxylic acids is 1. The molecule has 0 aromatic carbocycles. The lowest BCUT2D eigenvalue weighted by molar-refractivity contribution is 0.0953. The van der Waals surface area contributed by atoms with Gasteiger partial charge in [-0.25, -0.2) is 5.84 Å². The maximum Gasteiger partial charge on any atom is 0.268 e. The van der Waals surface area contributed by atoms with E-state index < -0.39 is 0 Å². The Morgan fingerprint density at radius 2 is 2.32 bits per heavy atom. The predicted octanol–water partition coefficient (Wildman–Crippen LogP) is 2.34. The minimum Gasteiger partial charge on any atom is -0.467 e. The van der Waals surface area contributed by atoms with Gasteiger partial charge in [-0.2, -0.15) is 0 Å². The maximum atomic E-state index is 11.3. The van der Waals surface area contributed by atoms with Gasteiger partial charge in [0.05, 0.1) is 15.9 Å². The fourth-order valence-electron chi connectivity index (χ4n) is 1.73. The van der Waals surface area contributed by atoms with Gasteiger partial charge < -0.3 is 4.42 Å². The average Bonchev–Trinajstić information content (AvgIpc) is 2.98. The molecular formula is C12H14BrN3O2S. The van der Waals surface area contributed by atoms with Crippen LogP contribution < -0.4 is 11.3 Å². The molecule has 19 heavy (non-hydrogen) atoms. The molecule has 0 aliphatic rings. The summed E-state index contributed by atoms with van der Waals surface area (Å²) in [5.41, 5.74) is 3.75. The summed E-state index contributed by atoms with van der Waals surface area (Å²) in [7, 11) is 2.00. The minimum atomic E-state index is -0.348. The fourth-order valence-corrected chi connectivity index (χ4v) is 2.93. The van der Waals surface area contributed by atoms with Crippen molar-refractivity contribution in [1.82, 2.24) is 10.3 Å². The molecule has 3 N–H and O–H groups in total. The Hall–Kier alpha value is -1.15. The van der Waals surface area contributed by atoms with Crippen LogP contribution in [0.3, 0.4) is 0 Å². The second-order valence-corrected chi connectivity index (χ2v) is 6.50. The zero-order valence-corrected chi connectivity index (χ0v) is 12.8. The number of nitrogen functional groups attached to an aromatic ring is 1. The summed E-state index contributed by atoms with van der Waals surface area (Å²) in [6.45, 7) is 1.45. The molecular weight excluding hydrogens is 330 g/mol. The number of hydrogen-bond donors (Lipinski definition) is 2. The van der Waals surface area contributed by atoms with Gasteiger partial charge in [0.15, 0.2) is 0 Å². The van der Waals surface area contributed by atoms with Gasteiger partial charge in [0.25, 0.3) is 5.91 Å². The largest absolute Gasteiger partial charge is 0.467 e. The molecule has 0 unspecified atom stereocenters. The maximum absolute atomic E-state index is 11.3. The van der Waals surface area contributed by atoms with Gasteiger partial charge in [-0.3, -0.25) is 15.1 Å². The molecule has 7 heteroatoms. The molecule has 0 spiro atoms. The molecule has 2 heterocycles. The first-order valence-electron chi connectivity index (χ1n) is 5.58. The molecule has 0 radical (unpaired) electrons. The fraction of sp³-hybridized carbons (Fsp3) is 0.250. The molecule has 102 valence electrons. The van der Waals surface area contributed by atoms with Crippen LogP contribution in [-0.4, -0.2) is 17.9 Å². The van der Waals surface area contributed by atoms with Crippen molar-refractivity contribution in [2.75, 3.05) is 7.05 Å². The number of halogens is 1.